The number of thiophene rings is 1. The number of nitrogens with zero attached hydrogens (tertiary/aromatic N) is 2. The van der Waals surface area contributed by atoms with E-state index in [1.54, 1.807) is 0 Å². The van der Waals surface area contributed by atoms with Gasteiger partial charge in [0.25, 0.3) is 0 Å². The van der Waals surface area contributed by atoms with Gasteiger partial charge >= 0.3 is 0 Å². The molecule has 3 aliphatic heterocycles. The van der Waals surface area contributed by atoms with Crippen LogP contribution in [0.2, 0.25) is 0 Å². The van der Waals surface area contributed by atoms with E-state index in [1.807, 2.05) is 11.3 Å². The first-order valence-corrected chi connectivity index (χ1v) is 9.36. The summed E-state index contributed by atoms with van der Waals surface area (Å²) in [5.74, 6) is 0.160. The van der Waals surface area contributed by atoms with Gasteiger partial charge < -0.3 is 14.4 Å². The van der Waals surface area contributed by atoms with Gasteiger partial charge in [0.1, 0.15) is 6.61 Å². The molecular formula is C17H24N2O3S. The first-order valence-electron chi connectivity index (χ1n) is 8.48. The minimum absolute atomic E-state index is 0.160. The molecule has 4 rings (SSSR count). The molecule has 6 heteroatoms. The molecule has 1 amide bonds. The Balaban J connectivity index is 1.47. The van der Waals surface area contributed by atoms with E-state index in [-0.39, 0.29) is 24.7 Å². The topological polar surface area (TPSA) is 42.0 Å². The molecule has 0 aliphatic carbocycles. The number of rotatable bonds is 3. The van der Waals surface area contributed by atoms with Gasteiger partial charge in [-0.15, -0.1) is 11.3 Å². The number of amides is 1. The van der Waals surface area contributed by atoms with Crippen LogP contribution in [0.15, 0.2) is 11.4 Å². The SMILES string of the molecule is Cc1ccsc1CN1C[C@@H]2OCC(=O)N(C3CCOCC3)[C@H]2C1. The molecule has 4 heterocycles. The van der Waals surface area contributed by atoms with Gasteiger partial charge in [0.2, 0.25) is 5.91 Å². The molecule has 1 aromatic rings. The second-order valence-corrected chi connectivity index (χ2v) is 7.78. The van der Waals surface area contributed by atoms with Crippen LogP contribution in [0.1, 0.15) is 23.3 Å². The lowest BCUT2D eigenvalue weighted by Gasteiger charge is -2.43. The van der Waals surface area contributed by atoms with Crippen molar-refractivity contribution in [2.24, 2.45) is 0 Å². The lowest BCUT2D eigenvalue weighted by atomic mass is 10.0. The molecule has 23 heavy (non-hydrogen) atoms. The molecule has 1 aromatic heterocycles. The Kier molecular flexibility index (Phi) is 4.41. The number of ether oxygens (including phenoxy) is 2. The second-order valence-electron chi connectivity index (χ2n) is 6.78. The highest BCUT2D eigenvalue weighted by atomic mass is 32.1. The van der Waals surface area contributed by atoms with Gasteiger partial charge in [-0.25, -0.2) is 0 Å². The summed E-state index contributed by atoms with van der Waals surface area (Å²) in [6.45, 7) is 6.76. The zero-order chi connectivity index (χ0) is 15.8. The van der Waals surface area contributed by atoms with E-state index in [2.05, 4.69) is 28.2 Å². The van der Waals surface area contributed by atoms with Crippen LogP contribution in [0.25, 0.3) is 0 Å². The lowest BCUT2D eigenvalue weighted by molar-refractivity contribution is -0.159. The van der Waals surface area contributed by atoms with Gasteiger partial charge in [-0.1, -0.05) is 0 Å². The third kappa shape index (κ3) is 3.05. The van der Waals surface area contributed by atoms with Gasteiger partial charge in [-0.2, -0.15) is 0 Å². The highest BCUT2D eigenvalue weighted by Crippen LogP contribution is 2.30. The Hall–Kier alpha value is -0.950. The standard InChI is InChI=1S/C17H24N2O3S/c1-12-4-7-23-16(12)10-18-8-14-15(9-18)22-11-17(20)19(14)13-2-5-21-6-3-13/h4,7,13-15H,2-3,5-6,8-11H2,1H3/t14-,15-/m0/s1. The van der Waals surface area contributed by atoms with Gasteiger partial charge in [-0.3, -0.25) is 9.69 Å². The number of fused-ring (bicyclic) bond motifs is 1. The van der Waals surface area contributed by atoms with E-state index >= 15 is 0 Å². The summed E-state index contributed by atoms with van der Waals surface area (Å²) < 4.78 is 11.3. The smallest absolute Gasteiger partial charge is 0.249 e. The van der Waals surface area contributed by atoms with Gasteiger partial charge in [-0.05, 0) is 36.8 Å². The number of hydrogen-bond acceptors (Lipinski definition) is 5. The Labute approximate surface area is 141 Å². The van der Waals surface area contributed by atoms with E-state index in [4.69, 9.17) is 9.47 Å². The maximum Gasteiger partial charge on any atom is 0.249 e. The zero-order valence-corrected chi connectivity index (χ0v) is 14.4. The molecule has 3 saturated heterocycles. The molecular weight excluding hydrogens is 312 g/mol. The molecule has 3 aliphatic rings. The summed E-state index contributed by atoms with van der Waals surface area (Å²) in [6.07, 6.45) is 2.08. The highest BCUT2D eigenvalue weighted by molar-refractivity contribution is 7.10. The number of likely N-dealkylation sites (tertiary alicyclic amines) is 1. The first-order chi connectivity index (χ1) is 11.2. The zero-order valence-electron chi connectivity index (χ0n) is 13.6. The molecule has 0 spiro atoms. The maximum absolute atomic E-state index is 12.5. The van der Waals surface area contributed by atoms with E-state index in [0.29, 0.717) is 6.04 Å². The van der Waals surface area contributed by atoms with Crippen molar-refractivity contribution in [3.05, 3.63) is 21.9 Å². The van der Waals surface area contributed by atoms with Crippen molar-refractivity contribution in [1.82, 2.24) is 9.80 Å². The Morgan fingerprint density at radius 3 is 2.87 bits per heavy atom. The molecule has 0 aromatic carbocycles. The number of morpholine rings is 1. The summed E-state index contributed by atoms with van der Waals surface area (Å²) in [5.41, 5.74) is 1.36. The minimum Gasteiger partial charge on any atom is -0.381 e. The summed E-state index contributed by atoms with van der Waals surface area (Å²) in [7, 11) is 0. The molecule has 0 unspecified atom stereocenters. The second kappa shape index (κ2) is 6.51. The predicted octanol–water partition coefficient (Wildman–Crippen LogP) is 1.65. The Bertz CT molecular complexity index is 570. The lowest BCUT2D eigenvalue weighted by Crippen LogP contribution is -2.58. The summed E-state index contributed by atoms with van der Waals surface area (Å²) in [5, 5.41) is 2.15. The largest absolute Gasteiger partial charge is 0.381 e. The quantitative estimate of drug-likeness (QED) is 0.842. The van der Waals surface area contributed by atoms with Crippen molar-refractivity contribution in [1.29, 1.82) is 0 Å². The molecule has 0 bridgehead atoms. The van der Waals surface area contributed by atoms with Gasteiger partial charge in [0, 0.05) is 43.8 Å². The van der Waals surface area contributed by atoms with Crippen LogP contribution >= 0.6 is 11.3 Å². The van der Waals surface area contributed by atoms with E-state index < -0.39 is 0 Å². The van der Waals surface area contributed by atoms with Crippen LogP contribution in [0.4, 0.5) is 0 Å². The van der Waals surface area contributed by atoms with Crippen molar-refractivity contribution in [3.63, 3.8) is 0 Å². The van der Waals surface area contributed by atoms with Crippen molar-refractivity contribution in [2.45, 2.75) is 44.5 Å². The van der Waals surface area contributed by atoms with Crippen LogP contribution in [-0.4, -0.2) is 66.8 Å². The predicted molar refractivity (Wildman–Crippen MR) is 88.5 cm³/mol. The van der Waals surface area contributed by atoms with Gasteiger partial charge in [0.05, 0.1) is 12.1 Å². The van der Waals surface area contributed by atoms with Crippen LogP contribution < -0.4 is 0 Å². The molecule has 5 nitrogen and oxygen atoms in total. The number of carbonyl (C=O) groups is 1. The minimum atomic E-state index is 0.160. The molecule has 0 radical (unpaired) electrons. The monoisotopic (exact) mass is 336 g/mol. The molecule has 0 saturated carbocycles. The van der Waals surface area contributed by atoms with Crippen molar-refractivity contribution < 1.29 is 14.3 Å². The fourth-order valence-corrected chi connectivity index (χ4v) is 4.98. The van der Waals surface area contributed by atoms with E-state index in [0.717, 1.165) is 45.7 Å². The van der Waals surface area contributed by atoms with Crippen LogP contribution in [0, 0.1) is 6.92 Å². The Morgan fingerprint density at radius 1 is 1.30 bits per heavy atom. The molecule has 126 valence electrons. The number of aryl methyl sites for hydroxylation is 1. The fourth-order valence-electron chi connectivity index (χ4n) is 4.04. The van der Waals surface area contributed by atoms with Crippen molar-refractivity contribution in [3.8, 4) is 0 Å². The molecule has 3 fully saturated rings. The summed E-state index contributed by atoms with van der Waals surface area (Å²) in [6, 6.07) is 2.72. The van der Waals surface area contributed by atoms with Gasteiger partial charge in [0.15, 0.2) is 0 Å². The maximum atomic E-state index is 12.5. The first kappa shape index (κ1) is 15.6. The Morgan fingerprint density at radius 2 is 2.13 bits per heavy atom. The third-order valence-electron chi connectivity index (χ3n) is 5.30. The summed E-state index contributed by atoms with van der Waals surface area (Å²) >= 11 is 1.82. The normalized spacial score (nSPS) is 30.0. The fraction of sp³-hybridized carbons (Fsp3) is 0.706. The number of carbonyl (C=O) groups excluding carboxylic acids is 1. The molecule has 0 N–H and O–H groups in total. The van der Waals surface area contributed by atoms with Crippen LogP contribution in [-0.2, 0) is 20.8 Å². The molecule has 2 atom stereocenters. The van der Waals surface area contributed by atoms with E-state index in [1.165, 1.54) is 10.4 Å². The summed E-state index contributed by atoms with van der Waals surface area (Å²) in [4.78, 5) is 18.5. The van der Waals surface area contributed by atoms with Crippen molar-refractivity contribution >= 4 is 17.2 Å². The number of hydrogen-bond donors (Lipinski definition) is 0. The third-order valence-corrected chi connectivity index (χ3v) is 6.31. The van der Waals surface area contributed by atoms with Crippen LogP contribution in [0.3, 0.4) is 0 Å². The van der Waals surface area contributed by atoms with Crippen molar-refractivity contribution in [2.75, 3.05) is 32.9 Å². The van der Waals surface area contributed by atoms with Crippen LogP contribution in [0.5, 0.6) is 0 Å². The average molecular weight is 336 g/mol. The highest BCUT2D eigenvalue weighted by Gasteiger charge is 2.45. The average Bonchev–Trinajstić information content (AvgIpc) is 3.15. The van der Waals surface area contributed by atoms with E-state index in [9.17, 15) is 4.79 Å².